The third-order valence-electron chi connectivity index (χ3n) is 3.77. The largest absolute Gasteiger partial charge is 0.462 e. The fraction of sp³-hybridized carbons (Fsp3) is 0.944. The van der Waals surface area contributed by atoms with Gasteiger partial charge in [-0.3, -0.25) is 4.79 Å². The standard InChI is InChI=1S/C18H36O2/c1-4-7-9-11-12-15-17(14-6-3)20-18(19)16-13-10-8-5-2/h17H,4-16H2,1-3H3. The lowest BCUT2D eigenvalue weighted by atomic mass is 10.0. The molecular weight excluding hydrogens is 248 g/mol. The van der Waals surface area contributed by atoms with E-state index in [2.05, 4.69) is 20.8 Å². The molecule has 2 nitrogen and oxygen atoms in total. The molecule has 120 valence electrons. The molecule has 0 aromatic rings. The zero-order valence-corrected chi connectivity index (χ0v) is 14.1. The summed E-state index contributed by atoms with van der Waals surface area (Å²) in [5.41, 5.74) is 0. The highest BCUT2D eigenvalue weighted by Crippen LogP contribution is 2.15. The Morgan fingerprint density at radius 1 is 0.750 bits per heavy atom. The van der Waals surface area contributed by atoms with E-state index >= 15 is 0 Å². The van der Waals surface area contributed by atoms with Crippen LogP contribution >= 0.6 is 0 Å². The number of carbonyl (C=O) groups is 1. The lowest BCUT2D eigenvalue weighted by molar-refractivity contribution is -0.150. The molecule has 1 unspecified atom stereocenters. The maximum atomic E-state index is 11.8. The van der Waals surface area contributed by atoms with Crippen molar-refractivity contribution in [1.82, 2.24) is 0 Å². The van der Waals surface area contributed by atoms with Crippen molar-refractivity contribution in [3.8, 4) is 0 Å². The summed E-state index contributed by atoms with van der Waals surface area (Å²) in [4.78, 5) is 11.8. The number of carbonyl (C=O) groups excluding carboxylic acids is 1. The molecule has 0 N–H and O–H groups in total. The minimum Gasteiger partial charge on any atom is -0.462 e. The molecular formula is C18H36O2. The Kier molecular flexibility index (Phi) is 14.5. The third-order valence-corrected chi connectivity index (χ3v) is 3.77. The molecule has 0 aromatic heterocycles. The van der Waals surface area contributed by atoms with Crippen LogP contribution < -0.4 is 0 Å². The van der Waals surface area contributed by atoms with Gasteiger partial charge in [-0.2, -0.15) is 0 Å². The van der Waals surface area contributed by atoms with Crippen LogP contribution in [-0.4, -0.2) is 12.1 Å². The number of hydrogen-bond donors (Lipinski definition) is 0. The second kappa shape index (κ2) is 14.9. The van der Waals surface area contributed by atoms with Crippen LogP contribution in [0.1, 0.15) is 104 Å². The van der Waals surface area contributed by atoms with Gasteiger partial charge in [0.25, 0.3) is 0 Å². The molecule has 0 amide bonds. The van der Waals surface area contributed by atoms with E-state index in [1.54, 1.807) is 0 Å². The van der Waals surface area contributed by atoms with Crippen LogP contribution in [0.4, 0.5) is 0 Å². The SMILES string of the molecule is CCCCCCCC(CCC)OC(=O)CCCCCC. The molecule has 0 spiro atoms. The van der Waals surface area contributed by atoms with Crippen LogP contribution in [0.25, 0.3) is 0 Å². The van der Waals surface area contributed by atoms with Crippen molar-refractivity contribution in [3.63, 3.8) is 0 Å². The zero-order valence-electron chi connectivity index (χ0n) is 14.1. The molecule has 0 bridgehead atoms. The van der Waals surface area contributed by atoms with Gasteiger partial charge in [0.1, 0.15) is 6.10 Å². The number of ether oxygens (including phenoxy) is 1. The fourth-order valence-corrected chi connectivity index (χ4v) is 2.50. The Balaban J connectivity index is 3.73. The number of esters is 1. The Morgan fingerprint density at radius 3 is 1.95 bits per heavy atom. The average molecular weight is 284 g/mol. The van der Waals surface area contributed by atoms with Crippen molar-refractivity contribution in [3.05, 3.63) is 0 Å². The van der Waals surface area contributed by atoms with Crippen LogP contribution in [0.15, 0.2) is 0 Å². The molecule has 0 aliphatic heterocycles. The van der Waals surface area contributed by atoms with Gasteiger partial charge in [-0.05, 0) is 25.7 Å². The summed E-state index contributed by atoms with van der Waals surface area (Å²) in [6.07, 6.45) is 14.9. The van der Waals surface area contributed by atoms with Crippen molar-refractivity contribution in [2.75, 3.05) is 0 Å². The van der Waals surface area contributed by atoms with E-state index < -0.39 is 0 Å². The second-order valence-electron chi connectivity index (χ2n) is 5.91. The van der Waals surface area contributed by atoms with Gasteiger partial charge in [-0.25, -0.2) is 0 Å². The van der Waals surface area contributed by atoms with Gasteiger partial charge < -0.3 is 4.74 Å². The van der Waals surface area contributed by atoms with Crippen molar-refractivity contribution >= 4 is 5.97 Å². The quantitative estimate of drug-likeness (QED) is 0.287. The molecule has 0 fully saturated rings. The molecule has 20 heavy (non-hydrogen) atoms. The van der Waals surface area contributed by atoms with E-state index in [-0.39, 0.29) is 12.1 Å². The molecule has 0 aliphatic rings. The van der Waals surface area contributed by atoms with Crippen molar-refractivity contribution in [2.45, 2.75) is 110 Å². The van der Waals surface area contributed by atoms with E-state index in [1.165, 1.54) is 44.9 Å². The topological polar surface area (TPSA) is 26.3 Å². The average Bonchev–Trinajstić information content (AvgIpc) is 2.43. The van der Waals surface area contributed by atoms with E-state index in [1.807, 2.05) is 0 Å². The molecule has 0 heterocycles. The summed E-state index contributed by atoms with van der Waals surface area (Å²) in [5.74, 6) is 0.0214. The van der Waals surface area contributed by atoms with Gasteiger partial charge in [0.15, 0.2) is 0 Å². The lowest BCUT2D eigenvalue weighted by Crippen LogP contribution is -2.18. The number of hydrogen-bond acceptors (Lipinski definition) is 2. The summed E-state index contributed by atoms with van der Waals surface area (Å²) in [5, 5.41) is 0. The third kappa shape index (κ3) is 12.5. The molecule has 0 saturated heterocycles. The summed E-state index contributed by atoms with van der Waals surface area (Å²) in [7, 11) is 0. The minimum absolute atomic E-state index is 0.0214. The first-order valence-electron chi connectivity index (χ1n) is 8.94. The molecule has 0 radical (unpaired) electrons. The molecule has 0 rings (SSSR count). The smallest absolute Gasteiger partial charge is 0.306 e. The molecule has 0 saturated carbocycles. The summed E-state index contributed by atoms with van der Waals surface area (Å²) < 4.78 is 5.64. The maximum absolute atomic E-state index is 11.8. The first-order chi connectivity index (χ1) is 9.74. The molecule has 1 atom stereocenters. The summed E-state index contributed by atoms with van der Waals surface area (Å²) in [6.45, 7) is 6.59. The summed E-state index contributed by atoms with van der Waals surface area (Å²) in [6, 6.07) is 0. The molecule has 0 aromatic carbocycles. The van der Waals surface area contributed by atoms with Crippen molar-refractivity contribution in [2.24, 2.45) is 0 Å². The van der Waals surface area contributed by atoms with E-state index in [4.69, 9.17) is 4.74 Å². The van der Waals surface area contributed by atoms with Crippen LogP contribution in [0, 0.1) is 0 Å². The summed E-state index contributed by atoms with van der Waals surface area (Å²) >= 11 is 0. The molecule has 0 aliphatic carbocycles. The first-order valence-corrected chi connectivity index (χ1v) is 8.94. The van der Waals surface area contributed by atoms with Crippen LogP contribution in [-0.2, 0) is 9.53 Å². The second-order valence-corrected chi connectivity index (χ2v) is 5.91. The van der Waals surface area contributed by atoms with E-state index in [0.29, 0.717) is 6.42 Å². The van der Waals surface area contributed by atoms with Crippen LogP contribution in [0.5, 0.6) is 0 Å². The monoisotopic (exact) mass is 284 g/mol. The van der Waals surface area contributed by atoms with Gasteiger partial charge in [-0.15, -0.1) is 0 Å². The predicted molar refractivity (Wildman–Crippen MR) is 86.9 cm³/mol. The van der Waals surface area contributed by atoms with Crippen molar-refractivity contribution in [1.29, 1.82) is 0 Å². The van der Waals surface area contributed by atoms with Gasteiger partial charge in [0, 0.05) is 6.42 Å². The minimum atomic E-state index is 0.0214. The highest BCUT2D eigenvalue weighted by Gasteiger charge is 2.13. The maximum Gasteiger partial charge on any atom is 0.306 e. The fourth-order valence-electron chi connectivity index (χ4n) is 2.50. The Hall–Kier alpha value is -0.530. The first kappa shape index (κ1) is 19.5. The van der Waals surface area contributed by atoms with Crippen LogP contribution in [0.2, 0.25) is 0 Å². The number of unbranched alkanes of at least 4 members (excludes halogenated alkanes) is 7. The van der Waals surface area contributed by atoms with Gasteiger partial charge in [-0.1, -0.05) is 72.1 Å². The Bertz CT molecular complexity index is 213. The zero-order chi connectivity index (χ0) is 15.1. The van der Waals surface area contributed by atoms with Gasteiger partial charge in [0.05, 0.1) is 0 Å². The normalized spacial score (nSPS) is 12.3. The van der Waals surface area contributed by atoms with Crippen molar-refractivity contribution < 1.29 is 9.53 Å². The van der Waals surface area contributed by atoms with Gasteiger partial charge in [0.2, 0.25) is 0 Å². The highest BCUT2D eigenvalue weighted by atomic mass is 16.5. The Labute approximate surface area is 126 Å². The number of rotatable bonds is 14. The van der Waals surface area contributed by atoms with E-state index in [0.717, 1.165) is 32.1 Å². The van der Waals surface area contributed by atoms with Gasteiger partial charge >= 0.3 is 5.97 Å². The Morgan fingerprint density at radius 2 is 1.35 bits per heavy atom. The molecule has 2 heteroatoms. The lowest BCUT2D eigenvalue weighted by Gasteiger charge is -2.17. The van der Waals surface area contributed by atoms with E-state index in [9.17, 15) is 4.79 Å². The van der Waals surface area contributed by atoms with Crippen LogP contribution in [0.3, 0.4) is 0 Å². The highest BCUT2D eigenvalue weighted by molar-refractivity contribution is 5.69. The predicted octanol–water partition coefficient (Wildman–Crippen LogP) is 6.03.